The Morgan fingerprint density at radius 3 is 2.40 bits per heavy atom. The maximum absolute atomic E-state index is 11.3. The third kappa shape index (κ3) is 5.51. The van der Waals surface area contributed by atoms with Crippen LogP contribution in [0.15, 0.2) is 48.5 Å². The van der Waals surface area contributed by atoms with Gasteiger partial charge >= 0.3 is 0 Å². The predicted octanol–water partition coefficient (Wildman–Crippen LogP) is 4.79. The van der Waals surface area contributed by atoms with E-state index in [1.807, 2.05) is 36.4 Å². The van der Waals surface area contributed by atoms with Crippen molar-refractivity contribution >= 4 is 23.2 Å². The molecular formula is C20H21ClN2O2. The fraction of sp³-hybridized carbons (Fsp3) is 0.300. The number of nitriles is 1. The van der Waals surface area contributed by atoms with E-state index < -0.39 is 0 Å². The molecule has 4 nitrogen and oxygen atoms in total. The first-order valence-corrected chi connectivity index (χ1v) is 8.51. The van der Waals surface area contributed by atoms with Gasteiger partial charge in [0.25, 0.3) is 0 Å². The normalized spacial score (nSPS) is 11.4. The molecular weight excluding hydrogens is 336 g/mol. The molecule has 0 bridgehead atoms. The second-order valence-corrected chi connectivity index (χ2v) is 6.23. The Kier molecular flexibility index (Phi) is 6.85. The number of hydrogen-bond acceptors (Lipinski definition) is 3. The first-order valence-electron chi connectivity index (χ1n) is 8.13. The molecule has 0 aliphatic heterocycles. The van der Waals surface area contributed by atoms with Crippen LogP contribution < -0.4 is 9.64 Å². The summed E-state index contributed by atoms with van der Waals surface area (Å²) in [5.41, 5.74) is 1.80. The highest BCUT2D eigenvalue weighted by Gasteiger charge is 2.10. The molecule has 1 unspecified atom stereocenters. The second-order valence-electron chi connectivity index (χ2n) is 5.80. The van der Waals surface area contributed by atoms with Crippen molar-refractivity contribution in [1.82, 2.24) is 0 Å². The minimum absolute atomic E-state index is 0.0154. The van der Waals surface area contributed by atoms with E-state index in [2.05, 4.69) is 6.07 Å². The van der Waals surface area contributed by atoms with Crippen LogP contribution in [0.5, 0.6) is 5.75 Å². The number of anilines is 1. The highest BCUT2D eigenvalue weighted by molar-refractivity contribution is 6.30. The highest BCUT2D eigenvalue weighted by atomic mass is 35.5. The van der Waals surface area contributed by atoms with Crippen LogP contribution >= 0.6 is 11.6 Å². The van der Waals surface area contributed by atoms with Crippen molar-refractivity contribution in [3.8, 4) is 11.8 Å². The first kappa shape index (κ1) is 18.8. The molecule has 130 valence electrons. The lowest BCUT2D eigenvalue weighted by Gasteiger charge is -2.15. The lowest BCUT2D eigenvalue weighted by molar-refractivity contribution is -0.116. The van der Waals surface area contributed by atoms with E-state index in [1.54, 1.807) is 24.1 Å². The minimum Gasteiger partial charge on any atom is -0.494 e. The number of halogens is 1. The summed E-state index contributed by atoms with van der Waals surface area (Å²) in [5, 5.41) is 10.0. The predicted molar refractivity (Wildman–Crippen MR) is 100 cm³/mol. The van der Waals surface area contributed by atoms with Gasteiger partial charge in [0.1, 0.15) is 5.75 Å². The second kappa shape index (κ2) is 9.10. The van der Waals surface area contributed by atoms with Crippen molar-refractivity contribution in [1.29, 1.82) is 5.26 Å². The van der Waals surface area contributed by atoms with Crippen molar-refractivity contribution in [3.63, 3.8) is 0 Å². The van der Waals surface area contributed by atoms with Gasteiger partial charge in [-0.1, -0.05) is 23.7 Å². The summed E-state index contributed by atoms with van der Waals surface area (Å²) in [7, 11) is 1.73. The summed E-state index contributed by atoms with van der Waals surface area (Å²) < 4.78 is 5.72. The van der Waals surface area contributed by atoms with Crippen molar-refractivity contribution in [3.05, 3.63) is 59.1 Å². The van der Waals surface area contributed by atoms with Crippen LogP contribution in [-0.4, -0.2) is 19.6 Å². The van der Waals surface area contributed by atoms with Crippen LogP contribution in [0.4, 0.5) is 5.69 Å². The van der Waals surface area contributed by atoms with Crippen LogP contribution in [0, 0.1) is 11.3 Å². The first-order chi connectivity index (χ1) is 12.0. The van der Waals surface area contributed by atoms with E-state index in [-0.39, 0.29) is 11.8 Å². The molecule has 1 atom stereocenters. The molecule has 25 heavy (non-hydrogen) atoms. The SMILES string of the molecule is CC(=O)N(C)c1ccc(OCCCC(C#N)c2ccc(Cl)cc2)cc1. The summed E-state index contributed by atoms with van der Waals surface area (Å²) in [4.78, 5) is 12.9. The van der Waals surface area contributed by atoms with Gasteiger partial charge in [-0.2, -0.15) is 5.26 Å². The smallest absolute Gasteiger partial charge is 0.223 e. The van der Waals surface area contributed by atoms with Crippen molar-refractivity contribution in [2.45, 2.75) is 25.7 Å². The van der Waals surface area contributed by atoms with Crippen molar-refractivity contribution in [2.24, 2.45) is 0 Å². The largest absolute Gasteiger partial charge is 0.494 e. The highest BCUT2D eigenvalue weighted by Crippen LogP contribution is 2.23. The van der Waals surface area contributed by atoms with Gasteiger partial charge < -0.3 is 9.64 Å². The van der Waals surface area contributed by atoms with Crippen LogP contribution in [0.1, 0.15) is 31.2 Å². The van der Waals surface area contributed by atoms with Gasteiger partial charge in [-0.3, -0.25) is 4.79 Å². The molecule has 0 heterocycles. The number of carbonyl (C=O) groups is 1. The van der Waals surface area contributed by atoms with Gasteiger partial charge in [0.15, 0.2) is 0 Å². The quantitative estimate of drug-likeness (QED) is 0.670. The van der Waals surface area contributed by atoms with Gasteiger partial charge in [-0.05, 0) is 54.8 Å². The molecule has 0 saturated heterocycles. The number of ether oxygens (including phenoxy) is 1. The average molecular weight is 357 g/mol. The van der Waals surface area contributed by atoms with Crippen LogP contribution in [0.25, 0.3) is 0 Å². The number of amides is 1. The monoisotopic (exact) mass is 356 g/mol. The Labute approximate surface area is 153 Å². The zero-order valence-electron chi connectivity index (χ0n) is 14.4. The molecule has 0 aromatic heterocycles. The van der Waals surface area contributed by atoms with Crippen molar-refractivity contribution < 1.29 is 9.53 Å². The van der Waals surface area contributed by atoms with Crippen molar-refractivity contribution in [2.75, 3.05) is 18.6 Å². The average Bonchev–Trinajstić information content (AvgIpc) is 2.62. The van der Waals surface area contributed by atoms with E-state index in [0.717, 1.165) is 29.8 Å². The topological polar surface area (TPSA) is 53.3 Å². The lowest BCUT2D eigenvalue weighted by Crippen LogP contribution is -2.22. The van der Waals surface area contributed by atoms with Gasteiger partial charge in [-0.15, -0.1) is 0 Å². The van der Waals surface area contributed by atoms with Crippen LogP contribution in [0.3, 0.4) is 0 Å². The van der Waals surface area contributed by atoms with E-state index in [9.17, 15) is 10.1 Å². The number of rotatable bonds is 7. The number of carbonyl (C=O) groups excluding carboxylic acids is 1. The molecule has 0 radical (unpaired) electrons. The number of hydrogen-bond donors (Lipinski definition) is 0. The fourth-order valence-corrected chi connectivity index (χ4v) is 2.55. The fourth-order valence-electron chi connectivity index (χ4n) is 2.43. The van der Waals surface area contributed by atoms with Gasteiger partial charge in [0, 0.05) is 24.7 Å². The molecule has 0 saturated carbocycles. The van der Waals surface area contributed by atoms with Gasteiger partial charge in [0.05, 0.1) is 18.6 Å². The Morgan fingerprint density at radius 2 is 1.84 bits per heavy atom. The summed E-state index contributed by atoms with van der Waals surface area (Å²) in [6, 6.07) is 17.1. The zero-order valence-corrected chi connectivity index (χ0v) is 15.2. The summed E-state index contributed by atoms with van der Waals surface area (Å²) in [6.45, 7) is 2.06. The molecule has 5 heteroatoms. The Morgan fingerprint density at radius 1 is 1.20 bits per heavy atom. The molecule has 2 aromatic carbocycles. The van der Waals surface area contributed by atoms with E-state index in [4.69, 9.17) is 16.3 Å². The Bertz CT molecular complexity index is 736. The van der Waals surface area contributed by atoms with Gasteiger partial charge in [-0.25, -0.2) is 0 Å². The third-order valence-electron chi connectivity index (χ3n) is 4.03. The maximum Gasteiger partial charge on any atom is 0.223 e. The molecule has 0 aliphatic carbocycles. The molecule has 1 amide bonds. The lowest BCUT2D eigenvalue weighted by atomic mass is 9.96. The number of benzene rings is 2. The Balaban J connectivity index is 1.81. The van der Waals surface area contributed by atoms with Crippen LogP contribution in [0.2, 0.25) is 5.02 Å². The molecule has 2 rings (SSSR count). The molecule has 0 N–H and O–H groups in total. The third-order valence-corrected chi connectivity index (χ3v) is 4.28. The van der Waals surface area contributed by atoms with E-state index in [1.165, 1.54) is 6.92 Å². The standard InChI is InChI=1S/C20H21ClN2O2/c1-15(24)23(2)19-9-11-20(12-10-19)25-13-3-4-17(14-22)16-5-7-18(21)8-6-16/h5-12,17H,3-4,13H2,1-2H3. The van der Waals surface area contributed by atoms with E-state index in [0.29, 0.717) is 11.6 Å². The number of nitrogens with zero attached hydrogens (tertiary/aromatic N) is 2. The van der Waals surface area contributed by atoms with Crippen LogP contribution in [-0.2, 0) is 4.79 Å². The zero-order chi connectivity index (χ0) is 18.2. The summed E-state index contributed by atoms with van der Waals surface area (Å²) in [5.74, 6) is 0.576. The minimum atomic E-state index is -0.160. The molecule has 0 fully saturated rings. The Hall–Kier alpha value is -2.51. The van der Waals surface area contributed by atoms with Gasteiger partial charge in [0.2, 0.25) is 5.91 Å². The van der Waals surface area contributed by atoms with E-state index >= 15 is 0 Å². The summed E-state index contributed by atoms with van der Waals surface area (Å²) >= 11 is 5.88. The summed E-state index contributed by atoms with van der Waals surface area (Å²) in [6.07, 6.45) is 1.50. The maximum atomic E-state index is 11.3. The molecule has 2 aromatic rings. The molecule has 0 spiro atoms. The molecule has 0 aliphatic rings.